The van der Waals surface area contributed by atoms with Crippen LogP contribution >= 0.6 is 11.8 Å². The number of thioether (sulfide) groups is 1. The number of anilines is 1. The molecule has 2 aromatic heterocycles. The van der Waals surface area contributed by atoms with Gasteiger partial charge in [-0.15, -0.1) is 11.8 Å². The molecule has 3 saturated heterocycles. The van der Waals surface area contributed by atoms with Crippen molar-refractivity contribution in [1.82, 2.24) is 35.3 Å². The molecular weight excluding hydrogens is 729 g/mol. The number of amides is 5. The summed E-state index contributed by atoms with van der Waals surface area (Å²) in [4.78, 5) is 80.7. The molecule has 0 bridgehead atoms. The van der Waals surface area contributed by atoms with Crippen LogP contribution in [-0.2, 0) is 20.9 Å². The molecule has 0 radical (unpaired) electrons. The van der Waals surface area contributed by atoms with Crippen molar-refractivity contribution in [1.29, 1.82) is 0 Å². The number of fused-ring (bicyclic) bond motifs is 1. The first-order chi connectivity index (χ1) is 27.3. The number of piperazine rings is 1. The summed E-state index contributed by atoms with van der Waals surface area (Å²) in [6.07, 6.45) is 14.1. The molecule has 3 aromatic rings. The number of unbranched alkanes of at least 4 members (excludes halogenated alkanes) is 1. The van der Waals surface area contributed by atoms with E-state index in [9.17, 15) is 24.0 Å². The lowest BCUT2D eigenvalue weighted by Gasteiger charge is -2.35. The number of imide groups is 1. The number of nitrogens with one attached hydrogen (secondary N) is 2. The van der Waals surface area contributed by atoms with Crippen LogP contribution in [0.2, 0.25) is 0 Å². The molecule has 13 nitrogen and oxygen atoms in total. The van der Waals surface area contributed by atoms with Crippen LogP contribution in [0.5, 0.6) is 0 Å². The number of carbonyl (C=O) groups is 5. The number of rotatable bonds is 14. The van der Waals surface area contributed by atoms with Gasteiger partial charge in [0.25, 0.3) is 11.8 Å². The molecule has 5 amide bonds. The second kappa shape index (κ2) is 18.7. The van der Waals surface area contributed by atoms with Crippen LogP contribution in [0.15, 0.2) is 72.0 Å². The standard InChI is InChI=1S/C42H50N8O5S/c51-38(13-9-31-6-4-17-43-27-31)44-18-2-1-5-30-15-19-49(20-16-30)41(54)32-10-12-37(45-28-32)48-23-21-47(22-24-48)25-26-56-36-8-3-7-33-34(36)29-50(42(33)55)35-11-14-39(52)46-40(35)53/h3-4,6-10,12-13,17,27-28,30,35H,1-2,5,11,14-16,18-26,29H2,(H,44,51)(H,46,52,53)/b13-9+. The van der Waals surface area contributed by atoms with Gasteiger partial charge in [-0.2, -0.15) is 0 Å². The Morgan fingerprint density at radius 2 is 1.77 bits per heavy atom. The van der Waals surface area contributed by atoms with Crippen LogP contribution in [0.4, 0.5) is 5.82 Å². The molecule has 294 valence electrons. The fourth-order valence-corrected chi connectivity index (χ4v) is 9.05. The molecule has 6 heterocycles. The Hall–Kier alpha value is -5.08. The highest BCUT2D eigenvalue weighted by Crippen LogP contribution is 2.34. The summed E-state index contributed by atoms with van der Waals surface area (Å²) in [7, 11) is 0. The molecule has 1 atom stereocenters. The highest BCUT2D eigenvalue weighted by atomic mass is 32.2. The Morgan fingerprint density at radius 1 is 0.929 bits per heavy atom. The molecule has 4 aliphatic rings. The minimum Gasteiger partial charge on any atom is -0.354 e. The zero-order valence-corrected chi connectivity index (χ0v) is 32.6. The van der Waals surface area contributed by atoms with Gasteiger partial charge in [0.05, 0.1) is 5.56 Å². The minimum absolute atomic E-state index is 0.0453. The summed E-state index contributed by atoms with van der Waals surface area (Å²) in [5.74, 6) is 1.50. The molecule has 2 N–H and O–H groups in total. The number of hydrogen-bond donors (Lipinski definition) is 2. The number of benzene rings is 1. The number of nitrogens with zero attached hydrogens (tertiary/aromatic N) is 6. The van der Waals surface area contributed by atoms with Crippen molar-refractivity contribution in [2.45, 2.75) is 62.4 Å². The molecule has 56 heavy (non-hydrogen) atoms. The van der Waals surface area contributed by atoms with E-state index >= 15 is 0 Å². The monoisotopic (exact) mass is 778 g/mol. The number of likely N-dealkylation sites (tertiary alicyclic amines) is 1. The number of piperidine rings is 2. The first kappa shape index (κ1) is 39.2. The quantitative estimate of drug-likeness (QED) is 0.107. The lowest BCUT2D eigenvalue weighted by molar-refractivity contribution is -0.137. The van der Waals surface area contributed by atoms with Gasteiger partial charge in [0.15, 0.2) is 0 Å². The minimum atomic E-state index is -0.611. The third-order valence-electron chi connectivity index (χ3n) is 11.2. The van der Waals surface area contributed by atoms with Crippen LogP contribution in [0.25, 0.3) is 6.08 Å². The van der Waals surface area contributed by atoms with E-state index < -0.39 is 11.9 Å². The zero-order valence-electron chi connectivity index (χ0n) is 31.7. The second-order valence-corrected chi connectivity index (χ2v) is 16.0. The number of pyridine rings is 2. The maximum absolute atomic E-state index is 13.3. The molecule has 3 fully saturated rings. The molecule has 14 heteroatoms. The zero-order chi connectivity index (χ0) is 38.9. The van der Waals surface area contributed by atoms with E-state index in [4.69, 9.17) is 4.98 Å². The summed E-state index contributed by atoms with van der Waals surface area (Å²) in [5, 5.41) is 5.33. The largest absolute Gasteiger partial charge is 0.354 e. The lowest BCUT2D eigenvalue weighted by atomic mass is 9.91. The summed E-state index contributed by atoms with van der Waals surface area (Å²) in [6, 6.07) is 12.8. The van der Waals surface area contributed by atoms with Gasteiger partial charge >= 0.3 is 0 Å². The number of hydrogen-bond acceptors (Lipinski definition) is 10. The highest BCUT2D eigenvalue weighted by Gasteiger charge is 2.40. The smallest absolute Gasteiger partial charge is 0.255 e. The van der Waals surface area contributed by atoms with Crippen molar-refractivity contribution in [3.63, 3.8) is 0 Å². The van der Waals surface area contributed by atoms with Crippen LogP contribution in [0.3, 0.4) is 0 Å². The molecule has 1 aromatic carbocycles. The predicted octanol–water partition coefficient (Wildman–Crippen LogP) is 4.00. The summed E-state index contributed by atoms with van der Waals surface area (Å²) >= 11 is 1.74. The number of aromatic nitrogens is 2. The van der Waals surface area contributed by atoms with Crippen molar-refractivity contribution >= 4 is 53.2 Å². The maximum atomic E-state index is 13.3. The van der Waals surface area contributed by atoms with Gasteiger partial charge < -0.3 is 20.0 Å². The molecule has 0 aliphatic carbocycles. The van der Waals surface area contributed by atoms with E-state index in [2.05, 4.69) is 25.4 Å². The Kier molecular flexibility index (Phi) is 13.1. The molecular formula is C42H50N8O5S. The first-order valence-electron chi connectivity index (χ1n) is 19.8. The second-order valence-electron chi connectivity index (χ2n) is 14.9. The fourth-order valence-electron chi connectivity index (χ4n) is 7.96. The lowest BCUT2D eigenvalue weighted by Crippen LogP contribution is -2.52. The SMILES string of the molecule is O=C(/C=C/c1cccnc1)NCCCCC1CCN(C(=O)c2ccc(N3CCN(CCSc4cccc5c4CN(C4CCC(=O)NC4=O)C5=O)CC3)nc2)CC1. The van der Waals surface area contributed by atoms with Crippen molar-refractivity contribution in [2.75, 3.05) is 63.0 Å². The third kappa shape index (κ3) is 9.83. The first-order valence-corrected chi connectivity index (χ1v) is 20.8. The van der Waals surface area contributed by atoms with Crippen LogP contribution in [-0.4, -0.2) is 118 Å². The fraction of sp³-hybridized carbons (Fsp3) is 0.452. The van der Waals surface area contributed by atoms with E-state index in [1.807, 2.05) is 47.4 Å². The number of carbonyl (C=O) groups excluding carboxylic acids is 5. The predicted molar refractivity (Wildman–Crippen MR) is 215 cm³/mol. The van der Waals surface area contributed by atoms with Gasteiger partial charge in [0.1, 0.15) is 11.9 Å². The maximum Gasteiger partial charge on any atom is 0.255 e. The Balaban J connectivity index is 0.778. The molecule has 0 spiro atoms. The van der Waals surface area contributed by atoms with Crippen LogP contribution in [0, 0.1) is 5.92 Å². The van der Waals surface area contributed by atoms with E-state index in [1.165, 1.54) is 0 Å². The van der Waals surface area contributed by atoms with E-state index in [1.54, 1.807) is 47.4 Å². The Morgan fingerprint density at radius 3 is 2.52 bits per heavy atom. The van der Waals surface area contributed by atoms with Crippen molar-refractivity contribution in [3.8, 4) is 0 Å². The molecule has 1 unspecified atom stereocenters. The molecule has 0 saturated carbocycles. The Labute approximate surface area is 332 Å². The van der Waals surface area contributed by atoms with Crippen LogP contribution < -0.4 is 15.5 Å². The van der Waals surface area contributed by atoms with Gasteiger partial charge in [0.2, 0.25) is 17.7 Å². The third-order valence-corrected chi connectivity index (χ3v) is 12.3. The highest BCUT2D eigenvalue weighted by molar-refractivity contribution is 7.99. The van der Waals surface area contributed by atoms with E-state index in [-0.39, 0.29) is 30.0 Å². The van der Waals surface area contributed by atoms with E-state index in [0.717, 1.165) is 106 Å². The summed E-state index contributed by atoms with van der Waals surface area (Å²) in [6.45, 7) is 6.99. The van der Waals surface area contributed by atoms with Gasteiger partial charge in [-0.05, 0) is 79.1 Å². The molecule has 4 aliphatic heterocycles. The van der Waals surface area contributed by atoms with Crippen molar-refractivity contribution in [3.05, 3.63) is 89.4 Å². The van der Waals surface area contributed by atoms with Crippen LogP contribution in [0.1, 0.15) is 76.8 Å². The summed E-state index contributed by atoms with van der Waals surface area (Å²) < 4.78 is 0. The van der Waals surface area contributed by atoms with Crippen molar-refractivity contribution < 1.29 is 24.0 Å². The van der Waals surface area contributed by atoms with Gasteiger partial charge in [-0.25, -0.2) is 4.98 Å². The Bertz CT molecular complexity index is 1910. The molecule has 7 rings (SSSR count). The average molecular weight is 779 g/mol. The summed E-state index contributed by atoms with van der Waals surface area (Å²) in [5.41, 5.74) is 3.14. The van der Waals surface area contributed by atoms with Crippen molar-refractivity contribution in [2.24, 2.45) is 5.92 Å². The van der Waals surface area contributed by atoms with Gasteiger partial charge in [-0.3, -0.25) is 39.2 Å². The van der Waals surface area contributed by atoms with Gasteiger partial charge in [-0.1, -0.05) is 25.0 Å². The van der Waals surface area contributed by atoms with Gasteiger partial charge in [0, 0.05) is 106 Å². The average Bonchev–Trinajstić information content (AvgIpc) is 3.56. The normalized spacial score (nSPS) is 19.4. The van der Waals surface area contributed by atoms with E-state index in [0.29, 0.717) is 36.6 Å². The topological polar surface area (TPSA) is 148 Å².